The third kappa shape index (κ3) is 3.33. The van der Waals surface area contributed by atoms with Crippen molar-refractivity contribution in [3.05, 3.63) is 63.7 Å². The topological polar surface area (TPSA) is 35.2 Å². The molecule has 0 saturated heterocycles. The van der Waals surface area contributed by atoms with Gasteiger partial charge in [0.15, 0.2) is 0 Å². The number of methoxy groups -OCH3 is 1. The molecule has 1 atom stereocenters. The van der Waals surface area contributed by atoms with Crippen molar-refractivity contribution < 1.29 is 4.74 Å². The summed E-state index contributed by atoms with van der Waals surface area (Å²) in [6.45, 7) is 4.13. The summed E-state index contributed by atoms with van der Waals surface area (Å²) in [5, 5.41) is 0.739. The highest BCUT2D eigenvalue weighted by Gasteiger charge is 2.13. The predicted molar refractivity (Wildman–Crippen MR) is 84.6 cm³/mol. The highest BCUT2D eigenvalue weighted by molar-refractivity contribution is 6.31. The van der Waals surface area contributed by atoms with E-state index in [1.54, 1.807) is 7.11 Å². The highest BCUT2D eigenvalue weighted by atomic mass is 35.5. The number of rotatable bonds is 4. The molecule has 2 aromatic carbocycles. The van der Waals surface area contributed by atoms with Gasteiger partial charge in [0.1, 0.15) is 5.75 Å². The lowest BCUT2D eigenvalue weighted by Crippen LogP contribution is -2.14. The van der Waals surface area contributed by atoms with Gasteiger partial charge in [0.05, 0.1) is 7.11 Å². The Morgan fingerprint density at radius 3 is 2.55 bits per heavy atom. The van der Waals surface area contributed by atoms with Gasteiger partial charge in [-0.25, -0.2) is 0 Å². The number of aryl methyl sites for hydroxylation is 2. The third-order valence-electron chi connectivity index (χ3n) is 3.60. The minimum atomic E-state index is -0.117. The molecule has 0 aromatic heterocycles. The number of benzene rings is 2. The van der Waals surface area contributed by atoms with Crippen molar-refractivity contribution in [3.63, 3.8) is 0 Å². The smallest absolute Gasteiger partial charge is 0.119 e. The van der Waals surface area contributed by atoms with Crippen LogP contribution in [0.4, 0.5) is 0 Å². The second kappa shape index (κ2) is 6.29. The van der Waals surface area contributed by atoms with Gasteiger partial charge in [0.2, 0.25) is 0 Å². The summed E-state index contributed by atoms with van der Waals surface area (Å²) in [6.07, 6.45) is 0.736. The van der Waals surface area contributed by atoms with E-state index in [9.17, 15) is 0 Å². The minimum Gasteiger partial charge on any atom is -0.497 e. The van der Waals surface area contributed by atoms with Crippen LogP contribution in [0, 0.1) is 13.8 Å². The Labute approximate surface area is 125 Å². The van der Waals surface area contributed by atoms with E-state index >= 15 is 0 Å². The van der Waals surface area contributed by atoms with Gasteiger partial charge in [-0.2, -0.15) is 0 Å². The van der Waals surface area contributed by atoms with Crippen LogP contribution < -0.4 is 10.5 Å². The zero-order valence-electron chi connectivity index (χ0n) is 12.1. The molecule has 0 aliphatic rings. The lowest BCUT2D eigenvalue weighted by atomic mass is 9.96. The first-order valence-corrected chi connectivity index (χ1v) is 7.04. The van der Waals surface area contributed by atoms with Crippen LogP contribution in [-0.4, -0.2) is 7.11 Å². The molecule has 1 unspecified atom stereocenters. The fourth-order valence-electron chi connectivity index (χ4n) is 2.25. The van der Waals surface area contributed by atoms with E-state index in [1.807, 2.05) is 24.3 Å². The zero-order chi connectivity index (χ0) is 14.7. The van der Waals surface area contributed by atoms with Gasteiger partial charge in [0, 0.05) is 11.1 Å². The van der Waals surface area contributed by atoms with Crippen molar-refractivity contribution in [1.29, 1.82) is 0 Å². The first-order chi connectivity index (χ1) is 9.51. The quantitative estimate of drug-likeness (QED) is 0.915. The van der Waals surface area contributed by atoms with Crippen molar-refractivity contribution >= 4 is 11.6 Å². The maximum Gasteiger partial charge on any atom is 0.119 e. The molecule has 2 N–H and O–H groups in total. The maximum atomic E-state index is 6.32. The van der Waals surface area contributed by atoms with Crippen LogP contribution in [0.5, 0.6) is 5.75 Å². The number of hydrogen-bond donors (Lipinski definition) is 1. The molecule has 0 radical (unpaired) electrons. The van der Waals surface area contributed by atoms with Gasteiger partial charge < -0.3 is 10.5 Å². The second-order valence-electron chi connectivity index (χ2n) is 5.12. The highest BCUT2D eigenvalue weighted by Crippen LogP contribution is 2.28. The van der Waals surface area contributed by atoms with Crippen molar-refractivity contribution in [3.8, 4) is 5.75 Å². The van der Waals surface area contributed by atoms with Gasteiger partial charge in [-0.3, -0.25) is 0 Å². The Morgan fingerprint density at radius 1 is 1.15 bits per heavy atom. The predicted octanol–water partition coefficient (Wildman–Crippen LogP) is 4.21. The molecule has 106 valence electrons. The van der Waals surface area contributed by atoms with E-state index in [4.69, 9.17) is 22.1 Å². The lowest BCUT2D eigenvalue weighted by Gasteiger charge is -2.16. The Kier molecular flexibility index (Phi) is 4.69. The number of nitrogens with two attached hydrogens (primary N) is 1. The third-order valence-corrected chi connectivity index (χ3v) is 3.93. The standard InChI is InChI=1S/C17H20ClNO/c1-11-7-15(16(18)8-12(11)2)17(19)10-13-5-4-6-14(9-13)20-3/h4-9,17H,10,19H2,1-3H3. The molecule has 2 nitrogen and oxygen atoms in total. The number of ether oxygens (including phenoxy) is 1. The normalized spacial score (nSPS) is 12.2. The van der Waals surface area contributed by atoms with Gasteiger partial charge in [0.25, 0.3) is 0 Å². The molecule has 2 rings (SSSR count). The first-order valence-electron chi connectivity index (χ1n) is 6.66. The molecule has 0 amide bonds. The summed E-state index contributed by atoms with van der Waals surface area (Å²) in [7, 11) is 1.67. The maximum absolute atomic E-state index is 6.32. The molecule has 3 heteroatoms. The SMILES string of the molecule is COc1cccc(CC(N)c2cc(C)c(C)cc2Cl)c1. The molecule has 0 aliphatic carbocycles. The molecule has 20 heavy (non-hydrogen) atoms. The Bertz CT molecular complexity index is 610. The summed E-state index contributed by atoms with van der Waals surface area (Å²) >= 11 is 6.32. The van der Waals surface area contributed by atoms with Crippen molar-refractivity contribution in [2.75, 3.05) is 7.11 Å². The fourth-order valence-corrected chi connectivity index (χ4v) is 2.61. The van der Waals surface area contributed by atoms with Crippen LogP contribution in [0.15, 0.2) is 36.4 Å². The summed E-state index contributed by atoms with van der Waals surface area (Å²) in [5.41, 5.74) is 10.9. The van der Waals surface area contributed by atoms with Crippen LogP contribution >= 0.6 is 11.6 Å². The molecule has 0 bridgehead atoms. The van der Waals surface area contributed by atoms with Crippen molar-refractivity contribution in [2.24, 2.45) is 5.73 Å². The fraction of sp³-hybridized carbons (Fsp3) is 0.294. The Balaban J connectivity index is 2.23. The summed E-state index contributed by atoms with van der Waals surface area (Å²) in [6, 6.07) is 11.9. The van der Waals surface area contributed by atoms with Crippen LogP contribution in [0.1, 0.15) is 28.3 Å². The summed E-state index contributed by atoms with van der Waals surface area (Å²) in [5.74, 6) is 0.848. The number of hydrogen-bond acceptors (Lipinski definition) is 2. The zero-order valence-corrected chi connectivity index (χ0v) is 12.9. The molecular formula is C17H20ClNO. The van der Waals surface area contributed by atoms with Crippen molar-refractivity contribution in [2.45, 2.75) is 26.3 Å². The van der Waals surface area contributed by atoms with Crippen LogP contribution in [0.25, 0.3) is 0 Å². The molecule has 0 heterocycles. The second-order valence-corrected chi connectivity index (χ2v) is 5.53. The van der Waals surface area contributed by atoms with Crippen LogP contribution in [0.3, 0.4) is 0 Å². The van der Waals surface area contributed by atoms with Crippen LogP contribution in [0.2, 0.25) is 5.02 Å². The summed E-state index contributed by atoms with van der Waals surface area (Å²) < 4.78 is 5.23. The lowest BCUT2D eigenvalue weighted by molar-refractivity contribution is 0.414. The van der Waals surface area contributed by atoms with Gasteiger partial charge in [-0.1, -0.05) is 29.8 Å². The Hall–Kier alpha value is -1.51. The van der Waals surface area contributed by atoms with E-state index in [0.29, 0.717) is 0 Å². The molecule has 0 fully saturated rings. The summed E-state index contributed by atoms with van der Waals surface area (Å²) in [4.78, 5) is 0. The van der Waals surface area contributed by atoms with Gasteiger partial charge >= 0.3 is 0 Å². The average molecular weight is 290 g/mol. The molecule has 2 aromatic rings. The van der Waals surface area contributed by atoms with E-state index in [0.717, 1.165) is 28.3 Å². The van der Waals surface area contributed by atoms with Gasteiger partial charge in [-0.15, -0.1) is 0 Å². The monoisotopic (exact) mass is 289 g/mol. The van der Waals surface area contributed by atoms with E-state index in [2.05, 4.69) is 26.0 Å². The average Bonchev–Trinajstić information content (AvgIpc) is 2.43. The van der Waals surface area contributed by atoms with E-state index in [1.165, 1.54) is 11.1 Å². The first kappa shape index (κ1) is 14.9. The molecule has 0 spiro atoms. The largest absolute Gasteiger partial charge is 0.497 e. The Morgan fingerprint density at radius 2 is 1.85 bits per heavy atom. The van der Waals surface area contributed by atoms with Crippen molar-refractivity contribution in [1.82, 2.24) is 0 Å². The number of halogens is 1. The van der Waals surface area contributed by atoms with E-state index in [-0.39, 0.29) is 6.04 Å². The minimum absolute atomic E-state index is 0.117. The van der Waals surface area contributed by atoms with Gasteiger partial charge in [-0.05, 0) is 60.7 Å². The molecule has 0 aliphatic heterocycles. The van der Waals surface area contributed by atoms with Crippen LogP contribution in [-0.2, 0) is 6.42 Å². The van der Waals surface area contributed by atoms with E-state index < -0.39 is 0 Å². The molecular weight excluding hydrogens is 270 g/mol. The molecule has 0 saturated carbocycles.